The number of hydrogen-bond acceptors (Lipinski definition) is 5. The first-order valence-electron chi connectivity index (χ1n) is 10.6. The van der Waals surface area contributed by atoms with Crippen LogP contribution in [0.1, 0.15) is 50.8 Å². The molecule has 0 aromatic heterocycles. The number of benzene rings is 1. The molecule has 1 aliphatic rings. The van der Waals surface area contributed by atoms with Gasteiger partial charge in [-0.1, -0.05) is 12.1 Å². The minimum atomic E-state index is -4.57. The van der Waals surface area contributed by atoms with E-state index in [0.29, 0.717) is 12.1 Å². The number of carbonyl (C=O) groups excluding carboxylic acids is 1. The number of carbonyl (C=O) groups is 1. The summed E-state index contributed by atoms with van der Waals surface area (Å²) >= 11 is 0. The van der Waals surface area contributed by atoms with Gasteiger partial charge in [-0.15, -0.1) is 0 Å². The molecule has 176 valence electrons. The molecular formula is C23H32F3N5O. The van der Waals surface area contributed by atoms with Gasteiger partial charge in [-0.25, -0.2) is 0 Å². The molecule has 1 aromatic carbocycles. The van der Waals surface area contributed by atoms with Crippen LogP contribution in [0.2, 0.25) is 0 Å². The number of aryl methyl sites for hydroxylation is 2. The van der Waals surface area contributed by atoms with Gasteiger partial charge in [-0.05, 0) is 70.7 Å². The number of hydrogen-bond donors (Lipinski definition) is 3. The first kappa shape index (κ1) is 25.4. The van der Waals surface area contributed by atoms with Crippen LogP contribution in [-0.2, 0) is 11.2 Å². The normalized spacial score (nSPS) is 15.7. The van der Waals surface area contributed by atoms with Gasteiger partial charge in [0.1, 0.15) is 11.2 Å². The molecule has 1 aliphatic heterocycles. The Kier molecular flexibility index (Phi) is 8.09. The van der Waals surface area contributed by atoms with E-state index in [1.807, 2.05) is 31.3 Å². The molecule has 0 aliphatic carbocycles. The summed E-state index contributed by atoms with van der Waals surface area (Å²) in [7, 11) is 0. The van der Waals surface area contributed by atoms with E-state index in [2.05, 4.69) is 20.6 Å². The number of rotatable bonds is 6. The lowest BCUT2D eigenvalue weighted by atomic mass is 9.99. The number of nitrogens with one attached hydrogen (secondary N) is 3. The topological polar surface area (TPSA) is 77.9 Å². The average molecular weight is 452 g/mol. The van der Waals surface area contributed by atoms with E-state index in [0.717, 1.165) is 61.7 Å². The summed E-state index contributed by atoms with van der Waals surface area (Å²) < 4.78 is 39.3. The molecule has 1 heterocycles. The van der Waals surface area contributed by atoms with Crippen molar-refractivity contribution in [3.05, 3.63) is 40.6 Å². The van der Waals surface area contributed by atoms with Gasteiger partial charge in [-0.3, -0.25) is 14.8 Å². The van der Waals surface area contributed by atoms with Gasteiger partial charge in [0.2, 0.25) is 0 Å². The van der Waals surface area contributed by atoms with E-state index in [4.69, 9.17) is 0 Å². The maximum absolute atomic E-state index is 13.1. The van der Waals surface area contributed by atoms with Crippen LogP contribution in [0.25, 0.3) is 0 Å². The van der Waals surface area contributed by atoms with Crippen molar-refractivity contribution in [3.63, 3.8) is 0 Å². The van der Waals surface area contributed by atoms with E-state index in [9.17, 15) is 18.0 Å². The molecule has 0 bridgehead atoms. The number of anilines is 1. The lowest BCUT2D eigenvalue weighted by Gasteiger charge is -2.28. The monoisotopic (exact) mass is 451 g/mol. The molecule has 9 heteroatoms. The smallest absolute Gasteiger partial charge is 0.356 e. The van der Waals surface area contributed by atoms with Crippen LogP contribution < -0.4 is 16.0 Å². The zero-order chi connectivity index (χ0) is 24.1. The van der Waals surface area contributed by atoms with E-state index in [1.165, 1.54) is 6.08 Å². The Hall–Kier alpha value is -2.84. The van der Waals surface area contributed by atoms with Crippen LogP contribution >= 0.6 is 0 Å². The fraction of sp³-hybridized carbons (Fsp3) is 0.522. The highest BCUT2D eigenvalue weighted by Gasteiger charge is 2.48. The number of aliphatic imine (C=N–C) groups is 2. The summed E-state index contributed by atoms with van der Waals surface area (Å²) in [5.74, 6) is -0.0999. The second kappa shape index (κ2) is 10.2. The molecule has 0 radical (unpaired) electrons. The summed E-state index contributed by atoms with van der Waals surface area (Å²) in [6.07, 6.45) is -1.67. The largest absolute Gasteiger partial charge is 0.410 e. The Morgan fingerprint density at radius 1 is 1.25 bits per heavy atom. The maximum Gasteiger partial charge on any atom is 0.410 e. The summed E-state index contributed by atoms with van der Waals surface area (Å²) in [4.78, 5) is 21.1. The van der Waals surface area contributed by atoms with Crippen molar-refractivity contribution in [2.75, 3.05) is 18.4 Å². The SMILES string of the molecule is C/C=C(\N=C(C)Cc1cc(C)c(NC2=NCCCN2)cc1C)C(=O)NC(C)(C)C(F)(F)F. The summed E-state index contributed by atoms with van der Waals surface area (Å²) in [5.41, 5.74) is 2.28. The first-order chi connectivity index (χ1) is 14.8. The highest BCUT2D eigenvalue weighted by atomic mass is 19.4. The van der Waals surface area contributed by atoms with Crippen molar-refractivity contribution in [1.82, 2.24) is 10.6 Å². The summed E-state index contributed by atoms with van der Waals surface area (Å²) in [5, 5.41) is 8.56. The van der Waals surface area contributed by atoms with E-state index in [1.54, 1.807) is 13.8 Å². The molecule has 6 nitrogen and oxygen atoms in total. The van der Waals surface area contributed by atoms with Crippen molar-refractivity contribution >= 4 is 23.3 Å². The van der Waals surface area contributed by atoms with Crippen LogP contribution in [-0.4, -0.2) is 42.4 Å². The standard InChI is InChI=1S/C23H32F3N5O/c1-7-18(20(32)31-22(5,6)23(24,25)26)29-16(4)13-17-11-15(3)19(12-14(17)2)30-21-27-9-8-10-28-21/h7,11-12H,8-10,13H2,1-6H3,(H,31,32)(H2,27,28,30)/b18-7-,29-16?. The van der Waals surface area contributed by atoms with Crippen LogP contribution in [0, 0.1) is 13.8 Å². The van der Waals surface area contributed by atoms with Crippen molar-refractivity contribution < 1.29 is 18.0 Å². The van der Waals surface area contributed by atoms with Crippen LogP contribution in [0.3, 0.4) is 0 Å². The van der Waals surface area contributed by atoms with Crippen molar-refractivity contribution in [2.45, 2.75) is 66.1 Å². The van der Waals surface area contributed by atoms with Crippen molar-refractivity contribution in [3.8, 4) is 0 Å². The second-order valence-electron chi connectivity index (χ2n) is 8.50. The molecule has 3 N–H and O–H groups in total. The van der Waals surface area contributed by atoms with Gasteiger partial charge in [0.15, 0.2) is 5.96 Å². The fourth-order valence-electron chi connectivity index (χ4n) is 3.13. The van der Waals surface area contributed by atoms with Gasteiger partial charge in [0.05, 0.1) is 0 Å². The number of nitrogens with zero attached hydrogens (tertiary/aromatic N) is 2. The van der Waals surface area contributed by atoms with Gasteiger partial charge < -0.3 is 16.0 Å². The minimum Gasteiger partial charge on any atom is -0.356 e. The highest BCUT2D eigenvalue weighted by Crippen LogP contribution is 2.29. The van der Waals surface area contributed by atoms with Gasteiger partial charge >= 0.3 is 6.18 Å². The number of amides is 1. The third-order valence-electron chi connectivity index (χ3n) is 5.23. The van der Waals surface area contributed by atoms with E-state index >= 15 is 0 Å². The molecule has 2 rings (SSSR count). The molecule has 0 saturated carbocycles. The number of alkyl halides is 3. The van der Waals surface area contributed by atoms with Crippen LogP contribution in [0.5, 0.6) is 0 Å². The highest BCUT2D eigenvalue weighted by molar-refractivity contribution is 5.98. The Morgan fingerprint density at radius 2 is 1.94 bits per heavy atom. The molecule has 0 spiro atoms. The molecule has 0 fully saturated rings. The molecule has 32 heavy (non-hydrogen) atoms. The first-order valence-corrected chi connectivity index (χ1v) is 10.6. The predicted octanol–water partition coefficient (Wildman–Crippen LogP) is 4.43. The molecule has 0 saturated heterocycles. The quantitative estimate of drug-likeness (QED) is 0.442. The number of allylic oxidation sites excluding steroid dienone is 1. The maximum atomic E-state index is 13.1. The third-order valence-corrected chi connectivity index (χ3v) is 5.23. The zero-order valence-electron chi connectivity index (χ0n) is 19.5. The molecule has 0 atom stereocenters. The Labute approximate surface area is 187 Å². The average Bonchev–Trinajstić information content (AvgIpc) is 2.69. The van der Waals surface area contributed by atoms with E-state index in [-0.39, 0.29) is 5.70 Å². The number of guanidine groups is 1. The molecule has 1 aromatic rings. The second-order valence-corrected chi connectivity index (χ2v) is 8.50. The number of halogens is 3. The van der Waals surface area contributed by atoms with Gasteiger partial charge in [-0.2, -0.15) is 13.2 Å². The van der Waals surface area contributed by atoms with Gasteiger partial charge in [0, 0.05) is 30.9 Å². The fourth-order valence-corrected chi connectivity index (χ4v) is 3.13. The lowest BCUT2D eigenvalue weighted by Crippen LogP contribution is -2.54. The summed E-state index contributed by atoms with van der Waals surface area (Å²) in [6, 6.07) is 4.08. The summed E-state index contributed by atoms with van der Waals surface area (Å²) in [6.45, 7) is 10.8. The van der Waals surface area contributed by atoms with Gasteiger partial charge in [0.25, 0.3) is 5.91 Å². The molecular weight excluding hydrogens is 419 g/mol. The van der Waals surface area contributed by atoms with E-state index < -0.39 is 17.6 Å². The predicted molar refractivity (Wildman–Crippen MR) is 123 cm³/mol. The van der Waals surface area contributed by atoms with Crippen LogP contribution in [0.4, 0.5) is 18.9 Å². The minimum absolute atomic E-state index is 0.0473. The Morgan fingerprint density at radius 3 is 2.50 bits per heavy atom. The van der Waals surface area contributed by atoms with Crippen LogP contribution in [0.15, 0.2) is 33.9 Å². The molecule has 0 unspecified atom stereocenters. The third kappa shape index (κ3) is 6.58. The zero-order valence-corrected chi connectivity index (χ0v) is 19.5. The van der Waals surface area contributed by atoms with Crippen molar-refractivity contribution in [2.24, 2.45) is 9.98 Å². The lowest BCUT2D eigenvalue weighted by molar-refractivity contribution is -0.187. The Bertz CT molecular complexity index is 946. The Balaban J connectivity index is 2.14. The van der Waals surface area contributed by atoms with Crippen molar-refractivity contribution in [1.29, 1.82) is 0 Å². The molecule has 1 amide bonds.